The molecule has 0 unspecified atom stereocenters. The van der Waals surface area contributed by atoms with Crippen molar-refractivity contribution in [1.82, 2.24) is 0 Å². The number of esters is 1. The Hall–Kier alpha value is -1.75. The van der Waals surface area contributed by atoms with Gasteiger partial charge in [-0.2, -0.15) is 0 Å². The minimum Gasteiger partial charge on any atom is -0.497 e. The summed E-state index contributed by atoms with van der Waals surface area (Å²) in [5.41, 5.74) is -0.892. The molecule has 2 rings (SSSR count). The fourth-order valence-electron chi connectivity index (χ4n) is 1.82. The van der Waals surface area contributed by atoms with Crippen molar-refractivity contribution in [3.05, 3.63) is 24.3 Å². The van der Waals surface area contributed by atoms with Crippen molar-refractivity contribution in [2.24, 2.45) is 0 Å². The minimum absolute atomic E-state index is 0.154. The number of hydrogen-bond acceptors (Lipinski definition) is 5. The first kappa shape index (κ1) is 12.7. The van der Waals surface area contributed by atoms with Crippen LogP contribution in [-0.4, -0.2) is 37.0 Å². The van der Waals surface area contributed by atoms with Crippen LogP contribution in [0.3, 0.4) is 0 Å². The third-order valence-electron chi connectivity index (χ3n) is 2.96. The summed E-state index contributed by atoms with van der Waals surface area (Å²) in [7, 11) is 1.59. The maximum atomic E-state index is 11.1. The summed E-state index contributed by atoms with van der Waals surface area (Å²) in [6.07, 6.45) is 0.811. The fourth-order valence-corrected chi connectivity index (χ4v) is 1.82. The Balaban J connectivity index is 1.95. The van der Waals surface area contributed by atoms with Gasteiger partial charge in [0, 0.05) is 12.8 Å². The molecule has 1 aromatic carbocycles. The van der Waals surface area contributed by atoms with Gasteiger partial charge in [0.1, 0.15) is 18.1 Å². The molecule has 1 heterocycles. The zero-order chi connectivity index (χ0) is 13.0. The Labute approximate surface area is 105 Å². The van der Waals surface area contributed by atoms with Crippen LogP contribution in [0.15, 0.2) is 24.3 Å². The van der Waals surface area contributed by atoms with Crippen LogP contribution in [-0.2, 0) is 9.53 Å². The molecule has 1 aliphatic heterocycles. The molecule has 98 valence electrons. The molecule has 1 aliphatic rings. The molecule has 0 radical (unpaired) electrons. The van der Waals surface area contributed by atoms with E-state index in [1.54, 1.807) is 31.4 Å². The summed E-state index contributed by atoms with van der Waals surface area (Å²) in [5.74, 6) is 1.10. The standard InChI is InChI=1S/C13H16O5/c1-16-10-2-4-11(5-3-10)17-9-13(8-14)7-6-12(15)18-13/h2-5,14H,6-9H2,1H3/t13-/m1/s1. The molecule has 0 saturated carbocycles. The molecule has 1 N–H and O–H groups in total. The molecule has 1 fully saturated rings. The van der Waals surface area contributed by atoms with Crippen LogP contribution in [0.1, 0.15) is 12.8 Å². The molecule has 1 atom stereocenters. The van der Waals surface area contributed by atoms with E-state index >= 15 is 0 Å². The molecule has 0 bridgehead atoms. The first-order valence-corrected chi connectivity index (χ1v) is 5.77. The van der Waals surface area contributed by atoms with E-state index in [1.165, 1.54) is 0 Å². The number of cyclic esters (lactones) is 1. The molecule has 0 amide bonds. The van der Waals surface area contributed by atoms with E-state index in [0.717, 1.165) is 5.75 Å². The summed E-state index contributed by atoms with van der Waals surface area (Å²) >= 11 is 0. The van der Waals surface area contributed by atoms with Crippen LogP contribution in [0.2, 0.25) is 0 Å². The lowest BCUT2D eigenvalue weighted by molar-refractivity contribution is -0.154. The molecule has 5 heteroatoms. The second-order valence-corrected chi connectivity index (χ2v) is 4.28. The van der Waals surface area contributed by atoms with Crippen LogP contribution in [0.25, 0.3) is 0 Å². The van der Waals surface area contributed by atoms with Crippen molar-refractivity contribution in [3.8, 4) is 11.5 Å². The highest BCUT2D eigenvalue weighted by Crippen LogP contribution is 2.27. The lowest BCUT2D eigenvalue weighted by atomic mass is 10.0. The summed E-state index contributed by atoms with van der Waals surface area (Å²) in [5, 5.41) is 9.32. The van der Waals surface area contributed by atoms with Crippen molar-refractivity contribution in [3.63, 3.8) is 0 Å². The summed E-state index contributed by atoms with van der Waals surface area (Å²) in [6.45, 7) is -0.0730. The Morgan fingerprint density at radius 1 is 1.33 bits per heavy atom. The van der Waals surface area contributed by atoms with Crippen molar-refractivity contribution >= 4 is 5.97 Å². The van der Waals surface area contributed by atoms with Gasteiger partial charge in [-0.05, 0) is 24.3 Å². The van der Waals surface area contributed by atoms with Gasteiger partial charge < -0.3 is 19.3 Å². The first-order valence-electron chi connectivity index (χ1n) is 5.77. The molecule has 1 aromatic rings. The van der Waals surface area contributed by atoms with Gasteiger partial charge in [-0.1, -0.05) is 0 Å². The number of carbonyl (C=O) groups excluding carboxylic acids is 1. The number of ether oxygens (including phenoxy) is 3. The van der Waals surface area contributed by atoms with Crippen molar-refractivity contribution in [2.45, 2.75) is 18.4 Å². The molecule has 1 saturated heterocycles. The van der Waals surface area contributed by atoms with Gasteiger partial charge >= 0.3 is 5.97 Å². The van der Waals surface area contributed by atoms with Crippen LogP contribution < -0.4 is 9.47 Å². The largest absolute Gasteiger partial charge is 0.497 e. The van der Waals surface area contributed by atoms with Gasteiger partial charge in [-0.3, -0.25) is 4.79 Å². The van der Waals surface area contributed by atoms with Crippen molar-refractivity contribution in [2.75, 3.05) is 20.3 Å². The Kier molecular flexibility index (Phi) is 3.72. The zero-order valence-corrected chi connectivity index (χ0v) is 10.2. The van der Waals surface area contributed by atoms with Gasteiger partial charge in [0.15, 0.2) is 5.60 Å². The second kappa shape index (κ2) is 5.27. The highest BCUT2D eigenvalue weighted by Gasteiger charge is 2.40. The van der Waals surface area contributed by atoms with E-state index in [2.05, 4.69) is 0 Å². The second-order valence-electron chi connectivity index (χ2n) is 4.28. The lowest BCUT2D eigenvalue weighted by Gasteiger charge is -2.25. The van der Waals surface area contributed by atoms with Gasteiger partial charge in [0.2, 0.25) is 0 Å². The SMILES string of the molecule is COc1ccc(OC[C@]2(CO)CCC(=O)O2)cc1. The quantitative estimate of drug-likeness (QED) is 0.796. The van der Waals surface area contributed by atoms with E-state index in [-0.39, 0.29) is 19.2 Å². The average molecular weight is 252 g/mol. The van der Waals surface area contributed by atoms with Crippen LogP contribution >= 0.6 is 0 Å². The number of aliphatic hydroxyl groups excluding tert-OH is 1. The van der Waals surface area contributed by atoms with Crippen molar-refractivity contribution < 1.29 is 24.1 Å². The highest BCUT2D eigenvalue weighted by molar-refractivity contribution is 5.72. The van der Waals surface area contributed by atoms with E-state index in [0.29, 0.717) is 18.6 Å². The predicted molar refractivity (Wildman–Crippen MR) is 63.6 cm³/mol. The van der Waals surface area contributed by atoms with Gasteiger partial charge in [0.05, 0.1) is 13.7 Å². The zero-order valence-electron chi connectivity index (χ0n) is 10.2. The Bertz CT molecular complexity index is 414. The normalized spacial score (nSPS) is 22.7. The topological polar surface area (TPSA) is 65.0 Å². The number of methoxy groups -OCH3 is 1. The molecular formula is C13H16O5. The van der Waals surface area contributed by atoms with Gasteiger partial charge in [0.25, 0.3) is 0 Å². The van der Waals surface area contributed by atoms with Gasteiger partial charge in [-0.25, -0.2) is 0 Å². The number of hydrogen-bond donors (Lipinski definition) is 1. The maximum Gasteiger partial charge on any atom is 0.306 e. The number of carbonyl (C=O) groups is 1. The van der Waals surface area contributed by atoms with E-state index in [9.17, 15) is 9.90 Å². The van der Waals surface area contributed by atoms with E-state index < -0.39 is 5.60 Å². The first-order chi connectivity index (χ1) is 8.67. The van der Waals surface area contributed by atoms with E-state index in [4.69, 9.17) is 14.2 Å². The summed E-state index contributed by atoms with van der Waals surface area (Å²) in [4.78, 5) is 11.1. The number of rotatable bonds is 5. The average Bonchev–Trinajstić information content (AvgIpc) is 2.79. The lowest BCUT2D eigenvalue weighted by Crippen LogP contribution is -2.39. The molecule has 0 aromatic heterocycles. The smallest absolute Gasteiger partial charge is 0.306 e. The molecule has 5 nitrogen and oxygen atoms in total. The minimum atomic E-state index is -0.892. The van der Waals surface area contributed by atoms with Crippen LogP contribution in [0.5, 0.6) is 11.5 Å². The third kappa shape index (κ3) is 2.73. The summed E-state index contributed by atoms with van der Waals surface area (Å²) in [6, 6.07) is 7.09. The molecule has 18 heavy (non-hydrogen) atoms. The summed E-state index contributed by atoms with van der Waals surface area (Å²) < 4.78 is 15.7. The van der Waals surface area contributed by atoms with Crippen LogP contribution in [0.4, 0.5) is 0 Å². The maximum absolute atomic E-state index is 11.1. The monoisotopic (exact) mass is 252 g/mol. The Morgan fingerprint density at radius 3 is 2.50 bits per heavy atom. The number of aliphatic hydroxyl groups is 1. The van der Waals surface area contributed by atoms with Gasteiger partial charge in [-0.15, -0.1) is 0 Å². The molecule has 0 aliphatic carbocycles. The molecule has 0 spiro atoms. The van der Waals surface area contributed by atoms with Crippen molar-refractivity contribution in [1.29, 1.82) is 0 Å². The Morgan fingerprint density at radius 2 is 2.00 bits per heavy atom. The van der Waals surface area contributed by atoms with Crippen LogP contribution in [0, 0.1) is 0 Å². The van der Waals surface area contributed by atoms with E-state index in [1.807, 2.05) is 0 Å². The molecular weight excluding hydrogens is 236 g/mol. The third-order valence-corrected chi connectivity index (χ3v) is 2.96. The highest BCUT2D eigenvalue weighted by atomic mass is 16.6. The fraction of sp³-hybridized carbons (Fsp3) is 0.462. The number of benzene rings is 1. The predicted octanol–water partition coefficient (Wildman–Crippen LogP) is 1.14.